The normalized spacial score (nSPS) is 23.1. The van der Waals surface area contributed by atoms with Gasteiger partial charge in [-0.05, 0) is 39.0 Å². The van der Waals surface area contributed by atoms with E-state index in [1.54, 1.807) is 6.92 Å². The van der Waals surface area contributed by atoms with Crippen LogP contribution in [0.2, 0.25) is 31.7 Å². The summed E-state index contributed by atoms with van der Waals surface area (Å²) in [5.41, 5.74) is 0.667. The maximum Gasteiger partial charge on any atom is 0.367 e. The van der Waals surface area contributed by atoms with Crippen molar-refractivity contribution in [1.82, 2.24) is 0 Å². The van der Waals surface area contributed by atoms with Gasteiger partial charge in [0.05, 0.1) is 8.31 Å². The molecule has 1 unspecified atom stereocenters. The Morgan fingerprint density at radius 3 is 2.78 bits per heavy atom. The molecule has 18 heavy (non-hydrogen) atoms. The molecular weight excluding hydrogens is 280 g/mol. The zero-order valence-electron chi connectivity index (χ0n) is 11.8. The lowest BCUT2D eigenvalue weighted by Crippen LogP contribution is -2.29. The maximum atomic E-state index is 11.7. The molecule has 1 aliphatic rings. The summed E-state index contributed by atoms with van der Waals surface area (Å²) in [6, 6.07) is 2.44. The number of hydrogen-bond acceptors (Lipinski definition) is 4. The number of rotatable bonds is 5. The van der Waals surface area contributed by atoms with Crippen molar-refractivity contribution in [3.05, 3.63) is 11.6 Å². The topological polar surface area (TPSA) is 44.8 Å². The van der Waals surface area contributed by atoms with Gasteiger partial charge in [-0.15, -0.1) is 0 Å². The minimum atomic E-state index is -1.80. The van der Waals surface area contributed by atoms with Crippen LogP contribution in [-0.2, 0) is 18.7 Å². The highest BCUT2D eigenvalue weighted by Gasteiger charge is 2.20. The molecule has 0 spiro atoms. The molecule has 0 aliphatic carbocycles. The van der Waals surface area contributed by atoms with Gasteiger partial charge in [-0.1, -0.05) is 12.1 Å². The molecule has 0 aromatic carbocycles. The van der Waals surface area contributed by atoms with E-state index < -0.39 is 16.6 Å². The van der Waals surface area contributed by atoms with E-state index in [0.717, 1.165) is 12.7 Å². The Labute approximate surface area is 114 Å². The Hall–Kier alpha value is -0.219. The molecule has 1 atom stereocenters. The lowest BCUT2D eigenvalue weighted by molar-refractivity contribution is -0.214. The number of carbonyl (C=O) groups excluding carboxylic acids is 1. The third kappa shape index (κ3) is 6.64. The quantitative estimate of drug-likeness (QED) is 0.334. The first kappa shape index (κ1) is 15.8. The third-order valence-electron chi connectivity index (χ3n) is 2.70. The minimum absolute atomic E-state index is 0.261. The van der Waals surface area contributed by atoms with Gasteiger partial charge in [0.15, 0.2) is 0 Å². The molecule has 0 saturated carbocycles. The standard InChI is InChI=1S/C11H24O4Si3/c1-10(11(12)14-15-18(2,3)4)6-9-17-8-5-7-13-16-17/h6,17H,5,7-9,16H2,1-4H3. The molecule has 1 rings (SSSR count). The summed E-state index contributed by atoms with van der Waals surface area (Å²) in [6.07, 6.45) is 3.23. The van der Waals surface area contributed by atoms with Crippen LogP contribution < -0.4 is 0 Å². The highest BCUT2D eigenvalue weighted by atomic mass is 29.2. The number of hydrogen-bond donors (Lipinski definition) is 0. The van der Waals surface area contributed by atoms with Gasteiger partial charge in [0.1, 0.15) is 9.28 Å². The first-order valence-electron chi connectivity index (χ1n) is 6.53. The van der Waals surface area contributed by atoms with Crippen LogP contribution in [0.15, 0.2) is 11.6 Å². The van der Waals surface area contributed by atoms with E-state index in [2.05, 4.69) is 0 Å². The Morgan fingerprint density at radius 2 is 2.22 bits per heavy atom. The van der Waals surface area contributed by atoms with E-state index in [-0.39, 0.29) is 15.2 Å². The highest BCUT2D eigenvalue weighted by molar-refractivity contribution is 7.10. The first-order valence-corrected chi connectivity index (χ1v) is 15.4. The van der Waals surface area contributed by atoms with Crippen LogP contribution >= 0.6 is 0 Å². The zero-order valence-corrected chi connectivity index (χ0v) is 15.4. The summed E-state index contributed by atoms with van der Waals surface area (Å²) in [7, 11) is -2.73. The second-order valence-corrected chi connectivity index (χ2v) is 18.2. The van der Waals surface area contributed by atoms with E-state index in [4.69, 9.17) is 13.9 Å². The summed E-state index contributed by atoms with van der Waals surface area (Å²) >= 11 is 0. The Balaban J connectivity index is 2.33. The van der Waals surface area contributed by atoms with Gasteiger partial charge < -0.3 is 9.31 Å². The number of allylic oxidation sites excluding steroid dienone is 1. The van der Waals surface area contributed by atoms with Crippen molar-refractivity contribution in [1.29, 1.82) is 0 Å². The summed E-state index contributed by atoms with van der Waals surface area (Å²) in [5, 5.41) is 0. The Bertz CT molecular complexity index is 306. The lowest BCUT2D eigenvalue weighted by atomic mass is 10.3. The summed E-state index contributed by atoms with van der Waals surface area (Å²) in [6.45, 7) is 8.71. The molecule has 0 aromatic heterocycles. The summed E-state index contributed by atoms with van der Waals surface area (Å²) in [5.74, 6) is -0.343. The smallest absolute Gasteiger partial charge is 0.367 e. The molecule has 104 valence electrons. The van der Waals surface area contributed by atoms with Gasteiger partial charge in [0.25, 0.3) is 0 Å². The maximum absolute atomic E-state index is 11.7. The fourth-order valence-electron chi connectivity index (χ4n) is 1.65. The Kier molecular flexibility index (Phi) is 6.50. The SMILES string of the molecule is CC(=CC[SiH]1CCCO[SiH2]1)C(=O)OO[Si](C)(C)C. The van der Waals surface area contributed by atoms with Crippen molar-refractivity contribution in [3.8, 4) is 0 Å². The molecule has 1 heterocycles. The summed E-state index contributed by atoms with van der Waals surface area (Å²) < 4.78 is 10.8. The van der Waals surface area contributed by atoms with Gasteiger partial charge in [-0.2, -0.15) is 0 Å². The largest absolute Gasteiger partial charge is 0.428 e. The average molecular weight is 305 g/mol. The fourth-order valence-corrected chi connectivity index (χ4v) is 8.42. The van der Waals surface area contributed by atoms with E-state index in [1.807, 2.05) is 25.7 Å². The van der Waals surface area contributed by atoms with E-state index in [9.17, 15) is 4.79 Å². The van der Waals surface area contributed by atoms with Crippen LogP contribution in [0.4, 0.5) is 0 Å². The van der Waals surface area contributed by atoms with Crippen molar-refractivity contribution in [2.24, 2.45) is 0 Å². The highest BCUT2D eigenvalue weighted by Crippen LogP contribution is 2.12. The fraction of sp³-hybridized carbons (Fsp3) is 0.727. The molecule has 4 nitrogen and oxygen atoms in total. The lowest BCUT2D eigenvalue weighted by Gasteiger charge is -2.19. The van der Waals surface area contributed by atoms with E-state index >= 15 is 0 Å². The number of carbonyl (C=O) groups is 1. The van der Waals surface area contributed by atoms with Crippen molar-refractivity contribution in [2.75, 3.05) is 6.61 Å². The monoisotopic (exact) mass is 304 g/mol. The first-order chi connectivity index (χ1) is 8.38. The van der Waals surface area contributed by atoms with Crippen molar-refractivity contribution >= 4 is 31.9 Å². The molecule has 7 heteroatoms. The molecular formula is C11H24O4Si3. The van der Waals surface area contributed by atoms with Crippen LogP contribution in [0.3, 0.4) is 0 Å². The van der Waals surface area contributed by atoms with E-state index in [0.29, 0.717) is 5.57 Å². The van der Waals surface area contributed by atoms with E-state index in [1.165, 1.54) is 12.5 Å². The zero-order chi connectivity index (χ0) is 13.6. The molecule has 0 N–H and O–H groups in total. The van der Waals surface area contributed by atoms with Gasteiger partial charge in [0.2, 0.25) is 8.32 Å². The van der Waals surface area contributed by atoms with Gasteiger partial charge in [0, 0.05) is 12.2 Å². The van der Waals surface area contributed by atoms with Crippen LogP contribution in [0, 0.1) is 0 Å². The van der Waals surface area contributed by atoms with Crippen LogP contribution in [0.25, 0.3) is 0 Å². The molecule has 0 radical (unpaired) electrons. The van der Waals surface area contributed by atoms with Crippen molar-refractivity contribution in [3.63, 3.8) is 0 Å². The van der Waals surface area contributed by atoms with Crippen molar-refractivity contribution in [2.45, 2.75) is 45.1 Å². The van der Waals surface area contributed by atoms with Gasteiger partial charge in [-0.3, -0.25) is 0 Å². The van der Waals surface area contributed by atoms with Crippen LogP contribution in [-0.4, -0.2) is 38.5 Å². The van der Waals surface area contributed by atoms with Crippen LogP contribution in [0.1, 0.15) is 13.3 Å². The molecule has 1 aliphatic heterocycles. The molecule has 0 bridgehead atoms. The minimum Gasteiger partial charge on any atom is -0.428 e. The van der Waals surface area contributed by atoms with Gasteiger partial charge >= 0.3 is 5.97 Å². The second kappa shape index (κ2) is 7.39. The second-order valence-electron chi connectivity index (χ2n) is 5.77. The molecule has 1 saturated heterocycles. The van der Waals surface area contributed by atoms with Crippen molar-refractivity contribution < 1.29 is 18.7 Å². The average Bonchev–Trinajstić information content (AvgIpc) is 2.33. The van der Waals surface area contributed by atoms with Gasteiger partial charge in [-0.25, -0.2) is 9.37 Å². The van der Waals surface area contributed by atoms with Crippen LogP contribution in [0.5, 0.6) is 0 Å². The molecule has 0 aromatic rings. The predicted molar refractivity (Wildman–Crippen MR) is 80.2 cm³/mol. The predicted octanol–water partition coefficient (Wildman–Crippen LogP) is 1.47. The Morgan fingerprint density at radius 1 is 1.50 bits per heavy atom. The molecule has 1 fully saturated rings. The summed E-state index contributed by atoms with van der Waals surface area (Å²) in [4.78, 5) is 16.5. The molecule has 0 amide bonds. The third-order valence-corrected chi connectivity index (χ3v) is 10.8.